The summed E-state index contributed by atoms with van der Waals surface area (Å²) in [6, 6.07) is 13.1. The molecule has 0 bridgehead atoms. The Balaban J connectivity index is 1.69. The lowest BCUT2D eigenvalue weighted by Crippen LogP contribution is -2.31. The lowest BCUT2D eigenvalue weighted by Gasteiger charge is -2.21. The first-order chi connectivity index (χ1) is 13.6. The van der Waals surface area contributed by atoms with Crippen molar-refractivity contribution in [3.63, 3.8) is 0 Å². The molecule has 0 spiro atoms. The summed E-state index contributed by atoms with van der Waals surface area (Å²) in [6.45, 7) is 2.51. The van der Waals surface area contributed by atoms with Crippen LogP contribution in [0.15, 0.2) is 70.1 Å². The molecule has 0 radical (unpaired) electrons. The average Bonchev–Trinajstić information content (AvgIpc) is 3.45. The van der Waals surface area contributed by atoms with Crippen LogP contribution in [0.4, 0.5) is 0 Å². The summed E-state index contributed by atoms with van der Waals surface area (Å²) >= 11 is 0. The number of hydrogen-bond acceptors (Lipinski definition) is 5. The number of benzene rings is 1. The van der Waals surface area contributed by atoms with Crippen LogP contribution in [-0.4, -0.2) is 25.5 Å². The molecule has 0 aliphatic rings. The Labute approximate surface area is 162 Å². The molecule has 1 amide bonds. The first-order valence-electron chi connectivity index (χ1n) is 8.93. The van der Waals surface area contributed by atoms with Crippen molar-refractivity contribution in [1.29, 1.82) is 0 Å². The lowest BCUT2D eigenvalue weighted by molar-refractivity contribution is 0.0691. The monoisotopic (exact) mass is 376 g/mol. The Kier molecular flexibility index (Phi) is 4.80. The van der Waals surface area contributed by atoms with Crippen molar-refractivity contribution < 1.29 is 13.7 Å². The second kappa shape index (κ2) is 7.56. The smallest absolute Gasteiger partial charge is 0.290 e. The van der Waals surface area contributed by atoms with Gasteiger partial charge in [0.05, 0.1) is 19.4 Å². The van der Waals surface area contributed by atoms with Gasteiger partial charge in [0.25, 0.3) is 5.91 Å². The maximum Gasteiger partial charge on any atom is 0.290 e. The van der Waals surface area contributed by atoms with Gasteiger partial charge < -0.3 is 18.4 Å². The van der Waals surface area contributed by atoms with E-state index in [0.29, 0.717) is 18.8 Å². The van der Waals surface area contributed by atoms with Crippen molar-refractivity contribution in [2.24, 2.45) is 7.05 Å². The number of carbonyl (C=O) groups is 1. The summed E-state index contributed by atoms with van der Waals surface area (Å²) < 4.78 is 12.7. The van der Waals surface area contributed by atoms with Gasteiger partial charge in [-0.15, -0.1) is 0 Å². The number of aryl methyl sites for hydroxylation is 2. The number of carbonyl (C=O) groups excluding carboxylic acids is 1. The molecule has 7 nitrogen and oxygen atoms in total. The van der Waals surface area contributed by atoms with Gasteiger partial charge in [-0.1, -0.05) is 35.5 Å². The molecule has 0 atom stereocenters. The molecule has 4 aromatic rings. The summed E-state index contributed by atoms with van der Waals surface area (Å²) in [7, 11) is 1.90. The third-order valence-corrected chi connectivity index (χ3v) is 4.65. The molecule has 142 valence electrons. The molecule has 0 aliphatic heterocycles. The second-order valence-electron chi connectivity index (χ2n) is 6.52. The van der Waals surface area contributed by atoms with Crippen molar-refractivity contribution in [2.75, 3.05) is 0 Å². The quantitative estimate of drug-likeness (QED) is 0.511. The topological polar surface area (TPSA) is 77.3 Å². The largest absolute Gasteiger partial charge is 0.459 e. The first-order valence-corrected chi connectivity index (χ1v) is 8.93. The van der Waals surface area contributed by atoms with Crippen molar-refractivity contribution in [2.45, 2.75) is 20.0 Å². The standard InChI is InChI=1S/C21H20N4O3/c1-15-17(20(23-28-15)16-7-4-3-5-8-16)13-25(14-19-22-10-11-24(19)2)21(26)18-9-6-12-27-18/h3-12H,13-14H2,1-2H3. The van der Waals surface area contributed by atoms with Gasteiger partial charge in [0.1, 0.15) is 17.3 Å². The molecule has 0 saturated carbocycles. The van der Waals surface area contributed by atoms with Crippen LogP contribution in [0.5, 0.6) is 0 Å². The molecule has 0 N–H and O–H groups in total. The number of amides is 1. The summed E-state index contributed by atoms with van der Waals surface area (Å²) in [5.74, 6) is 1.52. The highest BCUT2D eigenvalue weighted by atomic mass is 16.5. The van der Waals surface area contributed by atoms with Crippen LogP contribution in [0, 0.1) is 6.92 Å². The Morgan fingerprint density at radius 1 is 1.14 bits per heavy atom. The average molecular weight is 376 g/mol. The summed E-state index contributed by atoms with van der Waals surface area (Å²) in [5.41, 5.74) is 2.53. The first kappa shape index (κ1) is 17.8. The van der Waals surface area contributed by atoms with E-state index in [1.807, 2.05) is 55.1 Å². The Morgan fingerprint density at radius 3 is 2.64 bits per heavy atom. The third kappa shape index (κ3) is 3.46. The SMILES string of the molecule is Cc1onc(-c2ccccc2)c1CN(Cc1nccn1C)C(=O)c1ccco1. The van der Waals surface area contributed by atoms with Crippen molar-refractivity contribution in [3.8, 4) is 11.3 Å². The van der Waals surface area contributed by atoms with E-state index in [9.17, 15) is 4.79 Å². The summed E-state index contributed by atoms with van der Waals surface area (Å²) in [6.07, 6.45) is 5.06. The second-order valence-corrected chi connectivity index (χ2v) is 6.52. The fourth-order valence-electron chi connectivity index (χ4n) is 3.07. The van der Waals surface area contributed by atoms with Crippen LogP contribution in [0.25, 0.3) is 11.3 Å². The normalized spacial score (nSPS) is 10.9. The molecular weight excluding hydrogens is 356 g/mol. The highest BCUT2D eigenvalue weighted by molar-refractivity contribution is 5.91. The van der Waals surface area contributed by atoms with Crippen LogP contribution in [0.1, 0.15) is 27.7 Å². The van der Waals surface area contributed by atoms with E-state index in [0.717, 1.165) is 22.6 Å². The molecule has 1 aromatic carbocycles. The van der Waals surface area contributed by atoms with Gasteiger partial charge in [-0.05, 0) is 19.1 Å². The summed E-state index contributed by atoms with van der Waals surface area (Å²) in [4.78, 5) is 19.1. The number of rotatable bonds is 6. The number of hydrogen-bond donors (Lipinski definition) is 0. The zero-order valence-corrected chi connectivity index (χ0v) is 15.7. The van der Waals surface area contributed by atoms with Gasteiger partial charge in [-0.25, -0.2) is 4.98 Å². The van der Waals surface area contributed by atoms with Crippen LogP contribution in [0.3, 0.4) is 0 Å². The van der Waals surface area contributed by atoms with E-state index in [2.05, 4.69) is 10.1 Å². The van der Waals surface area contributed by atoms with Crippen LogP contribution < -0.4 is 0 Å². The van der Waals surface area contributed by atoms with Gasteiger partial charge in [0, 0.05) is 30.6 Å². The van der Waals surface area contributed by atoms with Crippen molar-refractivity contribution >= 4 is 5.91 Å². The molecule has 4 rings (SSSR count). The molecule has 0 saturated heterocycles. The Hall–Kier alpha value is -3.61. The Bertz CT molecular complexity index is 1060. The predicted octanol–water partition coefficient (Wildman–Crippen LogP) is 3.82. The molecule has 3 heterocycles. The highest BCUT2D eigenvalue weighted by Crippen LogP contribution is 2.27. The maximum atomic E-state index is 13.1. The van der Waals surface area contributed by atoms with E-state index in [4.69, 9.17) is 8.94 Å². The molecule has 0 fully saturated rings. The molecule has 0 aliphatic carbocycles. The zero-order valence-electron chi connectivity index (χ0n) is 15.7. The fourth-order valence-corrected chi connectivity index (χ4v) is 3.07. The molecule has 7 heteroatoms. The van der Waals surface area contributed by atoms with E-state index in [1.54, 1.807) is 23.2 Å². The molecule has 28 heavy (non-hydrogen) atoms. The van der Waals surface area contributed by atoms with Crippen LogP contribution >= 0.6 is 0 Å². The van der Waals surface area contributed by atoms with Crippen molar-refractivity contribution in [1.82, 2.24) is 19.6 Å². The number of aromatic nitrogens is 3. The minimum atomic E-state index is -0.215. The zero-order chi connectivity index (χ0) is 19.5. The van der Waals surface area contributed by atoms with Gasteiger partial charge in [-0.2, -0.15) is 0 Å². The van der Waals surface area contributed by atoms with Gasteiger partial charge in [0.2, 0.25) is 0 Å². The minimum absolute atomic E-state index is 0.215. The predicted molar refractivity (Wildman–Crippen MR) is 102 cm³/mol. The summed E-state index contributed by atoms with van der Waals surface area (Å²) in [5, 5.41) is 4.22. The van der Waals surface area contributed by atoms with Gasteiger partial charge in [0.15, 0.2) is 5.76 Å². The minimum Gasteiger partial charge on any atom is -0.459 e. The number of furan rings is 1. The Morgan fingerprint density at radius 2 is 1.96 bits per heavy atom. The molecule has 0 unspecified atom stereocenters. The van der Waals surface area contributed by atoms with Crippen LogP contribution in [-0.2, 0) is 20.1 Å². The van der Waals surface area contributed by atoms with E-state index in [1.165, 1.54) is 6.26 Å². The lowest BCUT2D eigenvalue weighted by atomic mass is 10.1. The number of imidazole rings is 1. The van der Waals surface area contributed by atoms with Gasteiger partial charge in [-0.3, -0.25) is 4.79 Å². The van der Waals surface area contributed by atoms with Gasteiger partial charge >= 0.3 is 0 Å². The third-order valence-electron chi connectivity index (χ3n) is 4.65. The highest BCUT2D eigenvalue weighted by Gasteiger charge is 2.24. The maximum absolute atomic E-state index is 13.1. The molecular formula is C21H20N4O3. The fraction of sp³-hybridized carbons (Fsp3) is 0.190. The molecule has 3 aromatic heterocycles. The van der Waals surface area contributed by atoms with E-state index >= 15 is 0 Å². The van der Waals surface area contributed by atoms with E-state index < -0.39 is 0 Å². The van der Waals surface area contributed by atoms with E-state index in [-0.39, 0.29) is 11.7 Å². The number of nitrogens with zero attached hydrogens (tertiary/aromatic N) is 4. The van der Waals surface area contributed by atoms with Crippen LogP contribution in [0.2, 0.25) is 0 Å². The van der Waals surface area contributed by atoms with Crippen molar-refractivity contribution in [3.05, 3.63) is 84.0 Å².